The molecule has 1 aromatic rings. The van der Waals surface area contributed by atoms with Crippen molar-refractivity contribution >= 4 is 11.3 Å². The molecule has 0 atom stereocenters. The van der Waals surface area contributed by atoms with Gasteiger partial charge in [0.05, 0.1) is 13.2 Å². The highest BCUT2D eigenvalue weighted by atomic mass is 32.1. The standard InChI is InChI=1S/C17H30N2OS/c1-14(2)11-18-12-17-10-16(15(3)21-17)13-20-9-8-19-6-4-5-7-19/h10,14,18H,4-9,11-13H2,1-3H3. The molecule has 3 nitrogen and oxygen atoms in total. The van der Waals surface area contributed by atoms with Crippen molar-refractivity contribution in [3.8, 4) is 0 Å². The van der Waals surface area contributed by atoms with E-state index >= 15 is 0 Å². The summed E-state index contributed by atoms with van der Waals surface area (Å²) in [5, 5.41) is 3.51. The quantitative estimate of drug-likeness (QED) is 0.707. The van der Waals surface area contributed by atoms with E-state index < -0.39 is 0 Å². The van der Waals surface area contributed by atoms with Gasteiger partial charge in [-0.3, -0.25) is 0 Å². The zero-order valence-electron chi connectivity index (χ0n) is 13.8. The molecule has 1 aromatic heterocycles. The van der Waals surface area contributed by atoms with Crippen LogP contribution in [-0.2, 0) is 17.9 Å². The highest BCUT2D eigenvalue weighted by Crippen LogP contribution is 2.22. The van der Waals surface area contributed by atoms with Gasteiger partial charge in [0.15, 0.2) is 0 Å². The number of nitrogens with one attached hydrogen (secondary N) is 1. The van der Waals surface area contributed by atoms with Crippen molar-refractivity contribution in [2.75, 3.05) is 32.8 Å². The van der Waals surface area contributed by atoms with Crippen LogP contribution >= 0.6 is 11.3 Å². The zero-order valence-corrected chi connectivity index (χ0v) is 14.6. The van der Waals surface area contributed by atoms with Crippen LogP contribution in [0.5, 0.6) is 0 Å². The Kier molecular flexibility index (Phi) is 7.17. The summed E-state index contributed by atoms with van der Waals surface area (Å²) in [6.45, 7) is 14.0. The van der Waals surface area contributed by atoms with Crippen LogP contribution in [-0.4, -0.2) is 37.7 Å². The average Bonchev–Trinajstić information content (AvgIpc) is 3.05. The smallest absolute Gasteiger partial charge is 0.0728 e. The maximum absolute atomic E-state index is 5.86. The molecular formula is C17H30N2OS. The number of likely N-dealkylation sites (tertiary alicyclic amines) is 1. The van der Waals surface area contributed by atoms with Crippen LogP contribution in [0.2, 0.25) is 0 Å². The lowest BCUT2D eigenvalue weighted by atomic mass is 10.2. The van der Waals surface area contributed by atoms with Crippen LogP contribution in [0.4, 0.5) is 0 Å². The SMILES string of the molecule is Cc1sc(CNCC(C)C)cc1COCCN1CCCC1. The molecule has 2 heterocycles. The average molecular weight is 311 g/mol. The maximum Gasteiger partial charge on any atom is 0.0728 e. The normalized spacial score (nSPS) is 16.2. The van der Waals surface area contributed by atoms with E-state index in [1.807, 2.05) is 11.3 Å². The second kappa shape index (κ2) is 8.89. The summed E-state index contributed by atoms with van der Waals surface area (Å²) in [6, 6.07) is 2.31. The third-order valence-corrected chi connectivity index (χ3v) is 5.02. The lowest BCUT2D eigenvalue weighted by Crippen LogP contribution is -2.23. The molecular weight excluding hydrogens is 280 g/mol. The van der Waals surface area contributed by atoms with Crippen LogP contribution in [0.15, 0.2) is 6.07 Å². The zero-order chi connectivity index (χ0) is 15.1. The minimum atomic E-state index is 0.708. The van der Waals surface area contributed by atoms with E-state index in [1.54, 1.807) is 0 Å². The van der Waals surface area contributed by atoms with Gasteiger partial charge in [-0.15, -0.1) is 11.3 Å². The lowest BCUT2D eigenvalue weighted by molar-refractivity contribution is 0.0991. The predicted octanol–water partition coefficient (Wildman–Crippen LogP) is 3.41. The number of thiophene rings is 1. The van der Waals surface area contributed by atoms with Gasteiger partial charge in [-0.05, 0) is 56.9 Å². The van der Waals surface area contributed by atoms with Crippen LogP contribution in [0.25, 0.3) is 0 Å². The van der Waals surface area contributed by atoms with Gasteiger partial charge in [0.1, 0.15) is 0 Å². The Balaban J connectivity index is 1.66. The largest absolute Gasteiger partial charge is 0.375 e. The number of ether oxygens (including phenoxy) is 1. The molecule has 0 bridgehead atoms. The van der Waals surface area contributed by atoms with E-state index in [2.05, 4.69) is 37.1 Å². The minimum Gasteiger partial charge on any atom is -0.375 e. The first-order valence-electron chi connectivity index (χ1n) is 8.24. The highest BCUT2D eigenvalue weighted by molar-refractivity contribution is 7.12. The second-order valence-corrected chi connectivity index (χ2v) is 7.76. The van der Waals surface area contributed by atoms with Gasteiger partial charge in [0.25, 0.3) is 0 Å². The molecule has 0 radical (unpaired) electrons. The first-order chi connectivity index (χ1) is 10.1. The van der Waals surface area contributed by atoms with E-state index in [0.29, 0.717) is 5.92 Å². The summed E-state index contributed by atoms with van der Waals surface area (Å²) in [7, 11) is 0. The Morgan fingerprint density at radius 2 is 2.10 bits per heavy atom. The van der Waals surface area contributed by atoms with Gasteiger partial charge < -0.3 is 15.0 Å². The fourth-order valence-electron chi connectivity index (χ4n) is 2.68. The molecule has 1 fully saturated rings. The van der Waals surface area contributed by atoms with Crippen LogP contribution in [0.3, 0.4) is 0 Å². The van der Waals surface area contributed by atoms with E-state index in [4.69, 9.17) is 4.74 Å². The van der Waals surface area contributed by atoms with E-state index in [0.717, 1.165) is 32.8 Å². The number of aryl methyl sites for hydroxylation is 1. The Morgan fingerprint density at radius 1 is 1.33 bits per heavy atom. The lowest BCUT2D eigenvalue weighted by Gasteiger charge is -2.14. The van der Waals surface area contributed by atoms with Crippen molar-refractivity contribution in [2.45, 2.75) is 46.8 Å². The summed E-state index contributed by atoms with van der Waals surface area (Å²) in [6.07, 6.45) is 2.72. The van der Waals surface area contributed by atoms with Gasteiger partial charge in [-0.1, -0.05) is 13.8 Å². The van der Waals surface area contributed by atoms with E-state index in [9.17, 15) is 0 Å². The third kappa shape index (κ3) is 6.07. The second-order valence-electron chi connectivity index (χ2n) is 6.42. The Hall–Kier alpha value is -0.420. The van der Waals surface area contributed by atoms with Crippen molar-refractivity contribution in [1.82, 2.24) is 10.2 Å². The Morgan fingerprint density at radius 3 is 2.81 bits per heavy atom. The van der Waals surface area contributed by atoms with Crippen molar-refractivity contribution in [3.63, 3.8) is 0 Å². The molecule has 1 saturated heterocycles. The molecule has 0 spiro atoms. The van der Waals surface area contributed by atoms with Crippen molar-refractivity contribution in [3.05, 3.63) is 21.4 Å². The number of hydrogen-bond acceptors (Lipinski definition) is 4. The third-order valence-electron chi connectivity index (χ3n) is 3.93. The number of nitrogens with zero attached hydrogens (tertiary/aromatic N) is 1. The monoisotopic (exact) mass is 310 g/mol. The van der Waals surface area contributed by atoms with Crippen LogP contribution in [0.1, 0.15) is 42.0 Å². The molecule has 0 aromatic carbocycles. The molecule has 0 aliphatic carbocycles. The van der Waals surface area contributed by atoms with Gasteiger partial charge in [0, 0.05) is 22.8 Å². The molecule has 1 N–H and O–H groups in total. The Labute approximate surface area is 133 Å². The molecule has 0 unspecified atom stereocenters. The highest BCUT2D eigenvalue weighted by Gasteiger charge is 2.11. The molecule has 21 heavy (non-hydrogen) atoms. The van der Waals surface area contributed by atoms with Crippen molar-refractivity contribution in [1.29, 1.82) is 0 Å². The number of rotatable bonds is 9. The van der Waals surface area contributed by atoms with Crippen molar-refractivity contribution in [2.24, 2.45) is 5.92 Å². The van der Waals surface area contributed by atoms with Gasteiger partial charge in [-0.2, -0.15) is 0 Å². The first-order valence-corrected chi connectivity index (χ1v) is 9.06. The fourth-order valence-corrected chi connectivity index (χ4v) is 3.70. The molecule has 120 valence electrons. The molecule has 0 saturated carbocycles. The van der Waals surface area contributed by atoms with Gasteiger partial charge >= 0.3 is 0 Å². The summed E-state index contributed by atoms with van der Waals surface area (Å²) in [5.74, 6) is 0.708. The maximum atomic E-state index is 5.86. The molecule has 1 aliphatic heterocycles. The first kappa shape index (κ1) is 16.9. The van der Waals surface area contributed by atoms with E-state index in [1.165, 1.54) is 41.2 Å². The molecule has 1 aliphatic rings. The molecule has 0 amide bonds. The molecule has 4 heteroatoms. The topological polar surface area (TPSA) is 24.5 Å². The van der Waals surface area contributed by atoms with Gasteiger partial charge in [0.2, 0.25) is 0 Å². The molecule has 2 rings (SSSR count). The fraction of sp³-hybridized carbons (Fsp3) is 0.765. The van der Waals surface area contributed by atoms with Gasteiger partial charge in [-0.25, -0.2) is 0 Å². The Bertz CT molecular complexity index is 411. The predicted molar refractivity (Wildman–Crippen MR) is 90.9 cm³/mol. The summed E-state index contributed by atoms with van der Waals surface area (Å²) in [4.78, 5) is 5.32. The van der Waals surface area contributed by atoms with Crippen LogP contribution < -0.4 is 5.32 Å². The summed E-state index contributed by atoms with van der Waals surface area (Å²) < 4.78 is 5.86. The van der Waals surface area contributed by atoms with Crippen molar-refractivity contribution < 1.29 is 4.74 Å². The summed E-state index contributed by atoms with van der Waals surface area (Å²) >= 11 is 1.90. The summed E-state index contributed by atoms with van der Waals surface area (Å²) in [5.41, 5.74) is 1.36. The number of hydrogen-bond donors (Lipinski definition) is 1. The van der Waals surface area contributed by atoms with Crippen LogP contribution in [0, 0.1) is 12.8 Å². The minimum absolute atomic E-state index is 0.708. The van der Waals surface area contributed by atoms with E-state index in [-0.39, 0.29) is 0 Å².